The highest BCUT2D eigenvalue weighted by atomic mass is 32.3. The average molecular weight is 625 g/mol. The van der Waals surface area contributed by atoms with Crippen LogP contribution in [-0.2, 0) is 45.2 Å². The first kappa shape index (κ1) is 32.7. The van der Waals surface area contributed by atoms with Gasteiger partial charge in [0.1, 0.15) is 23.3 Å². The van der Waals surface area contributed by atoms with E-state index >= 15 is 0 Å². The van der Waals surface area contributed by atoms with Gasteiger partial charge in [0.2, 0.25) is 25.6 Å². The third-order valence-corrected chi connectivity index (χ3v) is 11.1. The fourth-order valence-corrected chi connectivity index (χ4v) is 9.61. The first-order valence-corrected chi connectivity index (χ1v) is 16.4. The van der Waals surface area contributed by atoms with E-state index in [1.165, 1.54) is 0 Å². The van der Waals surface area contributed by atoms with Crippen LogP contribution in [0.25, 0.3) is 0 Å². The Hall–Kier alpha value is -2.85. The van der Waals surface area contributed by atoms with Gasteiger partial charge >= 0.3 is 16.5 Å². The van der Waals surface area contributed by atoms with E-state index in [2.05, 4.69) is 0 Å². The van der Waals surface area contributed by atoms with Gasteiger partial charge in [-0.25, -0.2) is 30.4 Å². The maximum absolute atomic E-state index is 14.1. The van der Waals surface area contributed by atoms with Crippen LogP contribution in [0.4, 0.5) is 13.6 Å². The molecule has 230 valence electrons. The van der Waals surface area contributed by atoms with Crippen molar-refractivity contribution in [2.24, 2.45) is 5.92 Å². The van der Waals surface area contributed by atoms with Gasteiger partial charge in [-0.2, -0.15) is 0 Å². The zero-order chi connectivity index (χ0) is 31.3. The molecule has 3 rings (SSSR count). The number of ether oxygens (including phenoxy) is 2. The number of halogens is 2. The van der Waals surface area contributed by atoms with E-state index in [4.69, 9.17) is 9.47 Å². The third-order valence-electron chi connectivity index (χ3n) is 6.84. The molecule has 2 amide bonds. The molecule has 1 N–H and O–H groups in total. The summed E-state index contributed by atoms with van der Waals surface area (Å²) in [5.74, 6) is -4.82. The van der Waals surface area contributed by atoms with E-state index in [9.17, 15) is 45.1 Å². The topological polar surface area (TPSA) is 165 Å². The number of sulfone groups is 2. The molecule has 41 heavy (non-hydrogen) atoms. The van der Waals surface area contributed by atoms with Crippen LogP contribution < -0.4 is 0 Å². The third kappa shape index (κ3) is 6.64. The molecule has 2 fully saturated rings. The quantitative estimate of drug-likeness (QED) is 0.474. The molecule has 0 aliphatic carbocycles. The van der Waals surface area contributed by atoms with Crippen LogP contribution in [0.15, 0.2) is 18.2 Å². The maximum Gasteiger partial charge on any atom is 0.410 e. The van der Waals surface area contributed by atoms with Crippen LogP contribution in [0.2, 0.25) is 0 Å². The summed E-state index contributed by atoms with van der Waals surface area (Å²) >= 11 is 0. The zero-order valence-corrected chi connectivity index (χ0v) is 25.1. The predicted octanol–water partition coefficient (Wildman–Crippen LogP) is 1.92. The summed E-state index contributed by atoms with van der Waals surface area (Å²) in [5.41, 5.74) is -1.04. The molecule has 1 aromatic carbocycles. The fraction of sp³-hybridized carbons (Fsp3) is 0.640. The highest BCUT2D eigenvalue weighted by Gasteiger charge is 2.69. The van der Waals surface area contributed by atoms with Gasteiger partial charge in [0.25, 0.3) is 0 Å². The zero-order valence-electron chi connectivity index (χ0n) is 23.5. The van der Waals surface area contributed by atoms with Crippen LogP contribution in [-0.4, -0.2) is 96.9 Å². The molecule has 0 radical (unpaired) electrons. The number of aliphatic carboxylic acids is 1. The van der Waals surface area contributed by atoms with E-state index in [0.29, 0.717) is 23.5 Å². The van der Waals surface area contributed by atoms with Gasteiger partial charge < -0.3 is 19.5 Å². The van der Waals surface area contributed by atoms with Crippen LogP contribution in [0, 0.1) is 17.6 Å². The molecular weight excluding hydrogens is 590 g/mol. The number of nitrogens with zero attached hydrogens (tertiary/aromatic N) is 2. The average Bonchev–Trinajstić information content (AvgIpc) is 3.30. The van der Waals surface area contributed by atoms with Crippen LogP contribution in [0.5, 0.6) is 0 Å². The molecule has 0 spiro atoms. The van der Waals surface area contributed by atoms with Gasteiger partial charge in [-0.05, 0) is 57.2 Å². The van der Waals surface area contributed by atoms with Gasteiger partial charge in [0, 0.05) is 38.5 Å². The molecule has 12 nitrogen and oxygen atoms in total. The van der Waals surface area contributed by atoms with Crippen molar-refractivity contribution in [3.8, 4) is 0 Å². The number of carboxylic acids is 1. The van der Waals surface area contributed by atoms with Crippen molar-refractivity contribution < 1.29 is 54.6 Å². The summed E-state index contributed by atoms with van der Waals surface area (Å²) in [6.07, 6.45) is -2.26. The second kappa shape index (κ2) is 11.1. The Morgan fingerprint density at radius 2 is 1.61 bits per heavy atom. The molecule has 2 heterocycles. The van der Waals surface area contributed by atoms with Crippen LogP contribution >= 0.6 is 0 Å². The second-order valence-corrected chi connectivity index (χ2v) is 15.9. The number of amides is 2. The normalized spacial score (nSPS) is 24.9. The standard InChI is InChI=1S/C25H34F2N2O10S2/c1-14(30)29-20(9-15-7-17(26)12-18(27)8-15)22(38-25(29,40(5,34)35)41(6,36)37)19-10-16(11-21(31)32)13-28(19)23(33)39-24(2,3)4/h7-8,12,16,19-20,22H,9-11,13H2,1-6H3,(H,31,32)/t16?,19?,20-,22-/m0/s1. The number of carboxylic acid groups (broad SMARTS) is 1. The minimum atomic E-state index is -4.80. The number of hydrogen-bond donors (Lipinski definition) is 1. The summed E-state index contributed by atoms with van der Waals surface area (Å²) in [6.45, 7) is 5.54. The lowest BCUT2D eigenvalue weighted by atomic mass is 9.92. The minimum Gasteiger partial charge on any atom is -0.481 e. The number of carbonyl (C=O) groups is 3. The first-order valence-electron chi connectivity index (χ1n) is 12.6. The summed E-state index contributed by atoms with van der Waals surface area (Å²) in [6, 6.07) is -0.176. The second-order valence-electron chi connectivity index (χ2n) is 11.5. The van der Waals surface area contributed by atoms with Gasteiger partial charge in [-0.1, -0.05) is 0 Å². The molecule has 2 saturated heterocycles. The van der Waals surface area contributed by atoms with Crippen LogP contribution in [0.3, 0.4) is 0 Å². The van der Waals surface area contributed by atoms with Crippen molar-refractivity contribution in [1.82, 2.24) is 9.80 Å². The highest BCUT2D eigenvalue weighted by Crippen LogP contribution is 2.46. The number of carbonyl (C=O) groups excluding carboxylic acids is 2. The summed E-state index contributed by atoms with van der Waals surface area (Å²) in [4.78, 5) is 39.5. The fourth-order valence-electron chi connectivity index (χ4n) is 5.60. The Balaban J connectivity index is 2.26. The molecule has 4 atom stereocenters. The Labute approximate surface area is 237 Å². The molecule has 1 aromatic rings. The highest BCUT2D eigenvalue weighted by molar-refractivity contribution is 8.09. The lowest BCUT2D eigenvalue weighted by Gasteiger charge is -2.35. The Morgan fingerprint density at radius 3 is 2.05 bits per heavy atom. The SMILES string of the molecule is CC(=O)N1[C@@H](Cc2cc(F)cc(F)c2)[C@H](C2CC(CC(=O)O)CN2C(=O)OC(C)(C)C)OC1(S(C)(=O)=O)S(C)(=O)=O. The molecule has 0 saturated carbocycles. The van der Waals surface area contributed by atoms with Crippen molar-refractivity contribution in [3.05, 3.63) is 35.4 Å². The lowest BCUT2D eigenvalue weighted by molar-refractivity contribution is -0.138. The van der Waals surface area contributed by atoms with Gasteiger partial charge in [0.15, 0.2) is 0 Å². The van der Waals surface area contributed by atoms with Crippen molar-refractivity contribution in [3.63, 3.8) is 0 Å². The summed E-state index contributed by atoms with van der Waals surface area (Å²) in [5, 5.41) is 9.40. The largest absolute Gasteiger partial charge is 0.481 e. The van der Waals surface area contributed by atoms with E-state index in [-0.39, 0.29) is 24.9 Å². The van der Waals surface area contributed by atoms with Gasteiger partial charge in [-0.3, -0.25) is 14.5 Å². The molecule has 2 aliphatic heterocycles. The number of likely N-dealkylation sites (tertiary alicyclic amines) is 1. The minimum absolute atomic E-state index is 0.0472. The molecule has 0 aromatic heterocycles. The molecule has 16 heteroatoms. The van der Waals surface area contributed by atoms with Crippen molar-refractivity contribution >= 4 is 37.6 Å². The van der Waals surface area contributed by atoms with E-state index in [0.717, 1.165) is 24.0 Å². The van der Waals surface area contributed by atoms with Crippen molar-refractivity contribution in [2.45, 2.75) is 75.1 Å². The number of benzene rings is 1. The number of hydrogen-bond acceptors (Lipinski definition) is 9. The van der Waals surface area contributed by atoms with Crippen molar-refractivity contribution in [1.29, 1.82) is 0 Å². The van der Waals surface area contributed by atoms with E-state index < -0.39 is 89.8 Å². The monoisotopic (exact) mass is 624 g/mol. The van der Waals surface area contributed by atoms with E-state index in [1.807, 2.05) is 0 Å². The Kier molecular flexibility index (Phi) is 8.84. The van der Waals surface area contributed by atoms with Gasteiger partial charge in [0.05, 0.1) is 12.1 Å². The molecule has 0 bridgehead atoms. The van der Waals surface area contributed by atoms with E-state index in [1.54, 1.807) is 20.8 Å². The number of rotatable bonds is 7. The maximum atomic E-state index is 14.1. The summed E-state index contributed by atoms with van der Waals surface area (Å²) in [7, 11) is -9.60. The first-order chi connectivity index (χ1) is 18.6. The smallest absolute Gasteiger partial charge is 0.410 e. The van der Waals surface area contributed by atoms with Crippen molar-refractivity contribution in [2.75, 3.05) is 19.1 Å². The molecular formula is C25H34F2N2O10S2. The molecule has 2 unspecified atom stereocenters. The predicted molar refractivity (Wildman–Crippen MR) is 141 cm³/mol. The Bertz CT molecular complexity index is 1390. The summed E-state index contributed by atoms with van der Waals surface area (Å²) < 4.78 is 89.1. The van der Waals surface area contributed by atoms with Crippen LogP contribution in [0.1, 0.15) is 46.1 Å². The lowest BCUT2D eigenvalue weighted by Crippen LogP contribution is -2.60. The Morgan fingerprint density at radius 1 is 1.07 bits per heavy atom. The van der Waals surface area contributed by atoms with Gasteiger partial charge in [-0.15, -0.1) is 0 Å². The molecule has 2 aliphatic rings.